The van der Waals surface area contributed by atoms with Crippen LogP contribution in [-0.2, 0) is 10.0 Å². The highest BCUT2D eigenvalue weighted by molar-refractivity contribution is 7.92. The van der Waals surface area contributed by atoms with E-state index in [0.29, 0.717) is 11.4 Å². The summed E-state index contributed by atoms with van der Waals surface area (Å²) in [5.41, 5.74) is 3.70. The highest BCUT2D eigenvalue weighted by Gasteiger charge is 2.20. The highest BCUT2D eigenvalue weighted by Crippen LogP contribution is 2.28. The Morgan fingerprint density at radius 3 is 2.68 bits per heavy atom. The van der Waals surface area contributed by atoms with Gasteiger partial charge in [-0.2, -0.15) is 0 Å². The van der Waals surface area contributed by atoms with Crippen molar-refractivity contribution in [3.05, 3.63) is 78.6 Å². The smallest absolute Gasteiger partial charge is 0.265 e. The fourth-order valence-corrected chi connectivity index (χ4v) is 4.32. The quantitative estimate of drug-likeness (QED) is 0.554. The topological polar surface area (TPSA) is 72.7 Å². The molecule has 7 heteroatoms. The van der Waals surface area contributed by atoms with Crippen molar-refractivity contribution in [3.8, 4) is 17.0 Å². The second-order valence-corrected chi connectivity index (χ2v) is 8.08. The molecule has 2 heterocycles. The van der Waals surface area contributed by atoms with Crippen LogP contribution in [0.2, 0.25) is 0 Å². The number of anilines is 1. The number of hydrogen-bond acceptors (Lipinski definition) is 4. The van der Waals surface area contributed by atoms with E-state index in [1.165, 1.54) is 7.11 Å². The molecule has 0 bridgehead atoms. The van der Waals surface area contributed by atoms with Gasteiger partial charge in [-0.15, -0.1) is 0 Å². The lowest BCUT2D eigenvalue weighted by atomic mass is 10.1. The van der Waals surface area contributed by atoms with Crippen LogP contribution in [0.1, 0.15) is 5.56 Å². The maximum absolute atomic E-state index is 12.9. The molecule has 0 saturated heterocycles. The molecule has 142 valence electrons. The van der Waals surface area contributed by atoms with Crippen LogP contribution in [0.15, 0.2) is 78.0 Å². The standard InChI is InChI=1S/C21H19N3O3S/c1-15-9-10-19(27-2)20(12-15)28(25,26)23-17-7-5-6-16(13-17)18-14-24-11-4-3-8-21(24)22-18/h3-14,23H,1-2H3. The molecule has 0 aliphatic carbocycles. The number of imidazole rings is 1. The van der Waals surface area contributed by atoms with E-state index < -0.39 is 10.0 Å². The summed E-state index contributed by atoms with van der Waals surface area (Å²) in [6.07, 6.45) is 3.83. The monoisotopic (exact) mass is 393 g/mol. The molecule has 2 aromatic carbocycles. The zero-order valence-electron chi connectivity index (χ0n) is 15.5. The van der Waals surface area contributed by atoms with Gasteiger partial charge in [0.05, 0.1) is 12.8 Å². The fraction of sp³-hybridized carbons (Fsp3) is 0.0952. The van der Waals surface area contributed by atoms with E-state index in [9.17, 15) is 8.42 Å². The van der Waals surface area contributed by atoms with Gasteiger partial charge in [0.1, 0.15) is 16.3 Å². The summed E-state index contributed by atoms with van der Waals surface area (Å²) in [6.45, 7) is 1.84. The maximum Gasteiger partial charge on any atom is 0.265 e. The number of methoxy groups -OCH3 is 1. The molecule has 28 heavy (non-hydrogen) atoms. The molecule has 0 unspecified atom stereocenters. The number of nitrogens with zero attached hydrogens (tertiary/aromatic N) is 2. The first-order valence-corrected chi connectivity index (χ1v) is 10.2. The van der Waals surface area contributed by atoms with E-state index in [0.717, 1.165) is 22.5 Å². The van der Waals surface area contributed by atoms with E-state index in [-0.39, 0.29) is 4.90 Å². The zero-order chi connectivity index (χ0) is 19.7. The number of sulfonamides is 1. The molecule has 0 saturated carbocycles. The van der Waals surface area contributed by atoms with E-state index in [2.05, 4.69) is 9.71 Å². The highest BCUT2D eigenvalue weighted by atomic mass is 32.2. The molecule has 0 aliphatic rings. The van der Waals surface area contributed by atoms with Crippen molar-refractivity contribution in [1.29, 1.82) is 0 Å². The molecule has 0 spiro atoms. The van der Waals surface area contributed by atoms with Crippen LogP contribution in [0.3, 0.4) is 0 Å². The van der Waals surface area contributed by atoms with Crippen LogP contribution < -0.4 is 9.46 Å². The molecule has 0 aliphatic heterocycles. The number of nitrogens with one attached hydrogen (secondary N) is 1. The number of ether oxygens (including phenoxy) is 1. The molecular weight excluding hydrogens is 374 g/mol. The lowest BCUT2D eigenvalue weighted by molar-refractivity contribution is 0.402. The van der Waals surface area contributed by atoms with Crippen molar-refractivity contribution in [2.75, 3.05) is 11.8 Å². The van der Waals surface area contributed by atoms with Gasteiger partial charge in [0.2, 0.25) is 0 Å². The van der Waals surface area contributed by atoms with Crippen LogP contribution in [-0.4, -0.2) is 24.9 Å². The first-order chi connectivity index (χ1) is 13.5. The fourth-order valence-electron chi connectivity index (χ4n) is 3.02. The summed E-state index contributed by atoms with van der Waals surface area (Å²) in [7, 11) is -2.35. The predicted octanol–water partition coefficient (Wildman–Crippen LogP) is 4.12. The number of rotatable bonds is 5. The van der Waals surface area contributed by atoms with Gasteiger partial charge in [0.25, 0.3) is 10.0 Å². The van der Waals surface area contributed by atoms with Crippen molar-refractivity contribution in [3.63, 3.8) is 0 Å². The second kappa shape index (κ2) is 7.01. The Morgan fingerprint density at radius 2 is 1.89 bits per heavy atom. The number of fused-ring (bicyclic) bond motifs is 1. The van der Waals surface area contributed by atoms with Crippen molar-refractivity contribution >= 4 is 21.4 Å². The van der Waals surface area contributed by atoms with Crippen LogP contribution >= 0.6 is 0 Å². The molecule has 0 radical (unpaired) electrons. The summed E-state index contributed by atoms with van der Waals surface area (Å²) in [6, 6.07) is 18.0. The Morgan fingerprint density at radius 1 is 1.04 bits per heavy atom. The van der Waals surface area contributed by atoms with Gasteiger partial charge in [-0.3, -0.25) is 4.72 Å². The summed E-state index contributed by atoms with van der Waals surface area (Å²) < 4.78 is 35.6. The maximum atomic E-state index is 12.9. The molecular formula is C21H19N3O3S. The van der Waals surface area contributed by atoms with Gasteiger partial charge < -0.3 is 9.14 Å². The molecule has 0 atom stereocenters. The first kappa shape index (κ1) is 18.1. The van der Waals surface area contributed by atoms with Crippen molar-refractivity contribution in [2.24, 2.45) is 0 Å². The third-order valence-corrected chi connectivity index (χ3v) is 5.79. The largest absolute Gasteiger partial charge is 0.495 e. The second-order valence-electron chi connectivity index (χ2n) is 6.43. The minimum absolute atomic E-state index is 0.105. The van der Waals surface area contributed by atoms with Crippen molar-refractivity contribution < 1.29 is 13.2 Å². The van der Waals surface area contributed by atoms with Crippen LogP contribution in [0.5, 0.6) is 5.75 Å². The summed E-state index contributed by atoms with van der Waals surface area (Å²) >= 11 is 0. The number of aryl methyl sites for hydroxylation is 1. The molecule has 4 rings (SSSR count). The van der Waals surface area contributed by atoms with Gasteiger partial charge in [0.15, 0.2) is 0 Å². The lowest BCUT2D eigenvalue weighted by Crippen LogP contribution is -2.14. The Labute approximate surface area is 163 Å². The van der Waals surface area contributed by atoms with Gasteiger partial charge in [0, 0.05) is 23.6 Å². The average Bonchev–Trinajstić information content (AvgIpc) is 3.12. The van der Waals surface area contributed by atoms with E-state index in [1.54, 1.807) is 30.3 Å². The number of pyridine rings is 1. The van der Waals surface area contributed by atoms with E-state index in [4.69, 9.17) is 4.74 Å². The Bertz CT molecular complexity index is 1230. The SMILES string of the molecule is COc1ccc(C)cc1S(=O)(=O)Nc1cccc(-c2cn3ccccc3n2)c1. The summed E-state index contributed by atoms with van der Waals surface area (Å²) in [4.78, 5) is 4.69. The normalized spacial score (nSPS) is 11.5. The third kappa shape index (κ3) is 3.44. The number of benzene rings is 2. The minimum atomic E-state index is -3.80. The van der Waals surface area contributed by atoms with Crippen molar-refractivity contribution in [1.82, 2.24) is 9.38 Å². The van der Waals surface area contributed by atoms with E-state index >= 15 is 0 Å². The molecule has 6 nitrogen and oxygen atoms in total. The zero-order valence-corrected chi connectivity index (χ0v) is 16.3. The van der Waals surface area contributed by atoms with Gasteiger partial charge in [-0.1, -0.05) is 24.3 Å². The molecule has 1 N–H and O–H groups in total. The van der Waals surface area contributed by atoms with Crippen molar-refractivity contribution in [2.45, 2.75) is 11.8 Å². The molecule has 2 aromatic heterocycles. The van der Waals surface area contributed by atoms with Crippen LogP contribution in [0, 0.1) is 6.92 Å². The molecule has 0 amide bonds. The molecule has 0 fully saturated rings. The average molecular weight is 393 g/mol. The Hall–Kier alpha value is -3.32. The third-order valence-electron chi connectivity index (χ3n) is 4.38. The Balaban J connectivity index is 1.69. The van der Waals surface area contributed by atoms with Gasteiger partial charge in [-0.05, 0) is 48.9 Å². The van der Waals surface area contributed by atoms with E-state index in [1.807, 2.05) is 54.0 Å². The van der Waals surface area contributed by atoms with Crippen LogP contribution in [0.4, 0.5) is 5.69 Å². The Kier molecular flexibility index (Phi) is 4.52. The molecule has 4 aromatic rings. The number of hydrogen-bond donors (Lipinski definition) is 1. The lowest BCUT2D eigenvalue weighted by Gasteiger charge is -2.13. The number of aromatic nitrogens is 2. The van der Waals surface area contributed by atoms with Gasteiger partial charge >= 0.3 is 0 Å². The minimum Gasteiger partial charge on any atom is -0.495 e. The first-order valence-electron chi connectivity index (χ1n) is 8.68. The van der Waals surface area contributed by atoms with Crippen LogP contribution in [0.25, 0.3) is 16.9 Å². The predicted molar refractivity (Wildman–Crippen MR) is 109 cm³/mol. The van der Waals surface area contributed by atoms with Gasteiger partial charge in [-0.25, -0.2) is 13.4 Å². The summed E-state index contributed by atoms with van der Waals surface area (Å²) in [5.74, 6) is 0.301. The summed E-state index contributed by atoms with van der Waals surface area (Å²) in [5, 5.41) is 0.